The maximum absolute atomic E-state index is 5.99. The van der Waals surface area contributed by atoms with Gasteiger partial charge in [-0.25, -0.2) is 4.68 Å². The standard InChI is InChI=1S/C17H20N4O3/c1-11-4-16-17(24-10-23-16)5-12(11)7-20-3-2-15-14(8-20)21-13(9-22-15)6-18-19-21/h4-6,14-15H,2-3,7-10H2,1H3/t14-,15-/m0/s1. The second kappa shape index (κ2) is 5.46. The highest BCUT2D eigenvalue weighted by Crippen LogP contribution is 2.36. The fourth-order valence-electron chi connectivity index (χ4n) is 3.89. The van der Waals surface area contributed by atoms with Crippen LogP contribution in [0.15, 0.2) is 18.3 Å². The van der Waals surface area contributed by atoms with Gasteiger partial charge in [0.1, 0.15) is 0 Å². The van der Waals surface area contributed by atoms with Crippen LogP contribution in [0.4, 0.5) is 0 Å². The van der Waals surface area contributed by atoms with E-state index in [1.807, 2.05) is 4.68 Å². The van der Waals surface area contributed by atoms with E-state index >= 15 is 0 Å². The summed E-state index contributed by atoms with van der Waals surface area (Å²) in [4.78, 5) is 2.46. The normalized spacial score (nSPS) is 25.4. The van der Waals surface area contributed by atoms with Crippen LogP contribution in [0.1, 0.15) is 29.3 Å². The monoisotopic (exact) mass is 328 g/mol. The Balaban J connectivity index is 1.36. The van der Waals surface area contributed by atoms with Gasteiger partial charge in [0.2, 0.25) is 6.79 Å². The van der Waals surface area contributed by atoms with E-state index in [9.17, 15) is 0 Å². The van der Waals surface area contributed by atoms with Gasteiger partial charge in [0, 0.05) is 19.6 Å². The number of hydrogen-bond acceptors (Lipinski definition) is 6. The number of ether oxygens (including phenoxy) is 3. The average Bonchev–Trinajstić information content (AvgIpc) is 3.23. The lowest BCUT2D eigenvalue weighted by molar-refractivity contribution is -0.0670. The van der Waals surface area contributed by atoms with Crippen molar-refractivity contribution in [3.05, 3.63) is 35.2 Å². The molecular formula is C17H20N4O3. The van der Waals surface area contributed by atoms with Crippen LogP contribution in [0.3, 0.4) is 0 Å². The van der Waals surface area contributed by atoms with Crippen molar-refractivity contribution in [2.45, 2.75) is 38.6 Å². The van der Waals surface area contributed by atoms with Crippen molar-refractivity contribution in [1.82, 2.24) is 19.9 Å². The number of fused-ring (bicyclic) bond motifs is 4. The van der Waals surface area contributed by atoms with E-state index in [0.29, 0.717) is 13.4 Å². The fraction of sp³-hybridized carbons (Fsp3) is 0.529. The Bertz CT molecular complexity index is 775. The van der Waals surface area contributed by atoms with E-state index in [-0.39, 0.29) is 12.1 Å². The van der Waals surface area contributed by atoms with E-state index in [0.717, 1.165) is 43.2 Å². The molecule has 7 heteroatoms. The summed E-state index contributed by atoms with van der Waals surface area (Å²) in [6, 6.07) is 4.44. The van der Waals surface area contributed by atoms with Crippen LogP contribution in [-0.4, -0.2) is 45.9 Å². The van der Waals surface area contributed by atoms with Gasteiger partial charge < -0.3 is 14.2 Å². The van der Waals surface area contributed by atoms with Gasteiger partial charge in [-0.15, -0.1) is 5.10 Å². The third-order valence-corrected chi connectivity index (χ3v) is 5.24. The Kier molecular flexibility index (Phi) is 3.24. The molecule has 0 bridgehead atoms. The Labute approximate surface area is 140 Å². The quantitative estimate of drug-likeness (QED) is 0.835. The zero-order valence-corrected chi connectivity index (χ0v) is 13.6. The first-order chi connectivity index (χ1) is 11.8. The highest BCUT2D eigenvalue weighted by molar-refractivity contribution is 5.48. The molecule has 24 heavy (non-hydrogen) atoms. The van der Waals surface area contributed by atoms with Crippen molar-refractivity contribution >= 4 is 0 Å². The van der Waals surface area contributed by atoms with Gasteiger partial charge in [-0.05, 0) is 36.6 Å². The predicted octanol–water partition coefficient (Wildman–Crippen LogP) is 1.66. The molecule has 1 saturated heterocycles. The highest BCUT2D eigenvalue weighted by atomic mass is 16.7. The van der Waals surface area contributed by atoms with Crippen LogP contribution >= 0.6 is 0 Å². The second-order valence-corrected chi connectivity index (χ2v) is 6.74. The molecule has 0 aliphatic carbocycles. The summed E-state index contributed by atoms with van der Waals surface area (Å²) in [5.74, 6) is 1.70. The van der Waals surface area contributed by atoms with E-state index in [1.165, 1.54) is 11.1 Å². The Morgan fingerprint density at radius 2 is 2.12 bits per heavy atom. The molecule has 3 aliphatic rings. The smallest absolute Gasteiger partial charge is 0.231 e. The third kappa shape index (κ3) is 2.27. The van der Waals surface area contributed by atoms with Crippen LogP contribution < -0.4 is 9.47 Å². The minimum absolute atomic E-state index is 0.244. The third-order valence-electron chi connectivity index (χ3n) is 5.24. The van der Waals surface area contributed by atoms with Crippen molar-refractivity contribution in [3.8, 4) is 11.5 Å². The number of aromatic nitrogens is 3. The van der Waals surface area contributed by atoms with Crippen molar-refractivity contribution in [2.75, 3.05) is 19.9 Å². The Morgan fingerprint density at radius 3 is 3.04 bits per heavy atom. The van der Waals surface area contributed by atoms with Crippen LogP contribution in [0, 0.1) is 6.92 Å². The molecule has 0 saturated carbocycles. The van der Waals surface area contributed by atoms with Gasteiger partial charge >= 0.3 is 0 Å². The molecule has 2 atom stereocenters. The number of rotatable bonds is 2. The molecule has 3 aliphatic heterocycles. The molecule has 1 aromatic carbocycles. The summed E-state index contributed by atoms with van der Waals surface area (Å²) < 4.78 is 19.0. The Morgan fingerprint density at radius 1 is 1.25 bits per heavy atom. The summed E-state index contributed by atoms with van der Waals surface area (Å²) in [5.41, 5.74) is 3.59. The minimum Gasteiger partial charge on any atom is -0.454 e. The zero-order chi connectivity index (χ0) is 16.1. The summed E-state index contributed by atoms with van der Waals surface area (Å²) in [7, 11) is 0. The first-order valence-corrected chi connectivity index (χ1v) is 8.40. The van der Waals surface area contributed by atoms with Gasteiger partial charge in [-0.3, -0.25) is 4.90 Å². The number of likely N-dealkylation sites (tertiary alicyclic amines) is 1. The lowest BCUT2D eigenvalue weighted by atomic mass is 9.99. The molecule has 5 rings (SSSR count). The van der Waals surface area contributed by atoms with Crippen LogP contribution in [0.2, 0.25) is 0 Å². The number of benzene rings is 1. The molecule has 4 heterocycles. The van der Waals surface area contributed by atoms with Crippen LogP contribution in [-0.2, 0) is 17.9 Å². The minimum atomic E-state index is 0.244. The van der Waals surface area contributed by atoms with Crippen molar-refractivity contribution in [3.63, 3.8) is 0 Å². The number of piperidine rings is 1. The molecule has 0 unspecified atom stereocenters. The van der Waals surface area contributed by atoms with Crippen molar-refractivity contribution in [2.24, 2.45) is 0 Å². The number of aryl methyl sites for hydroxylation is 1. The van der Waals surface area contributed by atoms with Gasteiger partial charge in [0.05, 0.1) is 30.6 Å². The van der Waals surface area contributed by atoms with Crippen LogP contribution in [0.5, 0.6) is 11.5 Å². The first kappa shape index (κ1) is 14.2. The van der Waals surface area contributed by atoms with Crippen molar-refractivity contribution < 1.29 is 14.2 Å². The van der Waals surface area contributed by atoms with Crippen LogP contribution in [0.25, 0.3) is 0 Å². The van der Waals surface area contributed by atoms with Gasteiger partial charge in [0.25, 0.3) is 0 Å². The molecule has 0 spiro atoms. The van der Waals surface area contributed by atoms with Gasteiger partial charge in [0.15, 0.2) is 11.5 Å². The molecule has 0 amide bonds. The largest absolute Gasteiger partial charge is 0.454 e. The maximum atomic E-state index is 5.99. The molecule has 2 aromatic rings. The predicted molar refractivity (Wildman–Crippen MR) is 84.8 cm³/mol. The summed E-state index contributed by atoms with van der Waals surface area (Å²) in [6.45, 7) is 5.92. The number of hydrogen-bond donors (Lipinski definition) is 0. The van der Waals surface area contributed by atoms with Gasteiger partial charge in [-0.1, -0.05) is 5.21 Å². The second-order valence-electron chi connectivity index (χ2n) is 6.74. The summed E-state index contributed by atoms with van der Waals surface area (Å²) in [5, 5.41) is 8.31. The van der Waals surface area contributed by atoms with E-state index in [4.69, 9.17) is 14.2 Å². The maximum Gasteiger partial charge on any atom is 0.231 e. The molecule has 1 aromatic heterocycles. The average molecular weight is 328 g/mol. The van der Waals surface area contributed by atoms with E-state index < -0.39 is 0 Å². The topological polar surface area (TPSA) is 61.6 Å². The summed E-state index contributed by atoms with van der Waals surface area (Å²) in [6.07, 6.45) is 3.07. The van der Waals surface area contributed by atoms with E-state index in [2.05, 4.69) is 34.3 Å². The Hall–Kier alpha value is -2.12. The SMILES string of the molecule is Cc1cc2c(cc1CN1CC[C@@H]3OCc4cnnn4[C@H]3C1)OCO2. The lowest BCUT2D eigenvalue weighted by Gasteiger charge is -2.41. The van der Waals surface area contributed by atoms with Crippen molar-refractivity contribution in [1.29, 1.82) is 0 Å². The molecule has 7 nitrogen and oxygen atoms in total. The fourth-order valence-corrected chi connectivity index (χ4v) is 3.89. The lowest BCUT2D eigenvalue weighted by Crippen LogP contribution is -2.47. The van der Waals surface area contributed by atoms with E-state index in [1.54, 1.807) is 6.20 Å². The molecule has 126 valence electrons. The molecule has 0 radical (unpaired) electrons. The first-order valence-electron chi connectivity index (χ1n) is 8.40. The van der Waals surface area contributed by atoms with Gasteiger partial charge in [-0.2, -0.15) is 0 Å². The molecule has 1 fully saturated rings. The molecular weight excluding hydrogens is 308 g/mol. The number of nitrogens with zero attached hydrogens (tertiary/aromatic N) is 4. The summed E-state index contributed by atoms with van der Waals surface area (Å²) >= 11 is 0. The highest BCUT2D eigenvalue weighted by Gasteiger charge is 2.36. The zero-order valence-electron chi connectivity index (χ0n) is 13.6. The molecule has 0 N–H and O–H groups in total.